The van der Waals surface area contributed by atoms with E-state index in [4.69, 9.17) is 0 Å². The first-order chi connectivity index (χ1) is 7.52. The lowest BCUT2D eigenvalue weighted by Gasteiger charge is -2.18. The van der Waals surface area contributed by atoms with Gasteiger partial charge in [0.2, 0.25) is 0 Å². The van der Waals surface area contributed by atoms with Crippen LogP contribution in [0.5, 0.6) is 0 Å². The second-order valence-electron chi connectivity index (χ2n) is 5.50. The Bertz CT molecular complexity index is 434. The van der Waals surface area contributed by atoms with Crippen molar-refractivity contribution in [1.82, 2.24) is 0 Å². The minimum atomic E-state index is 0.622. The maximum absolute atomic E-state index is 2.38. The molecule has 16 heavy (non-hydrogen) atoms. The molecule has 0 saturated carbocycles. The zero-order valence-electron chi connectivity index (χ0n) is 11.1. The Kier molecular flexibility index (Phi) is 2.92. The molecular weight excluding hydrogens is 192 g/mol. The van der Waals surface area contributed by atoms with Crippen molar-refractivity contribution in [3.63, 3.8) is 0 Å². The van der Waals surface area contributed by atoms with Crippen LogP contribution >= 0.6 is 0 Å². The normalized spacial score (nSPS) is 14.6. The van der Waals surface area contributed by atoms with Gasteiger partial charge in [-0.15, -0.1) is 0 Å². The summed E-state index contributed by atoms with van der Waals surface area (Å²) >= 11 is 0. The van der Waals surface area contributed by atoms with E-state index in [-0.39, 0.29) is 0 Å². The molecule has 0 saturated heterocycles. The minimum Gasteiger partial charge on any atom is -0.0765 e. The molecule has 0 aliphatic heterocycles. The Morgan fingerprint density at radius 2 is 1.50 bits per heavy atom. The molecule has 0 N–H and O–H groups in total. The summed E-state index contributed by atoms with van der Waals surface area (Å²) in [5, 5.41) is 0. The largest absolute Gasteiger partial charge is 0.0765 e. The summed E-state index contributed by atoms with van der Waals surface area (Å²) in [6.45, 7) is 11.4. The third kappa shape index (κ3) is 1.71. The summed E-state index contributed by atoms with van der Waals surface area (Å²) in [6.07, 6.45) is 3.51. The highest BCUT2D eigenvalue weighted by molar-refractivity contribution is 5.76. The fourth-order valence-electron chi connectivity index (χ4n) is 2.75. The quantitative estimate of drug-likeness (QED) is 0.657. The molecule has 0 bridgehead atoms. The first kappa shape index (κ1) is 11.4. The SMILES string of the molecule is CC1=CCc2c(C(C)C)ccc(C(C)C)c21. The number of allylic oxidation sites excluding steroid dienone is 2. The topological polar surface area (TPSA) is 0 Å². The zero-order chi connectivity index (χ0) is 11.9. The Labute approximate surface area is 99.4 Å². The van der Waals surface area contributed by atoms with Crippen LogP contribution in [0.15, 0.2) is 18.2 Å². The van der Waals surface area contributed by atoms with Gasteiger partial charge in [-0.1, -0.05) is 45.9 Å². The van der Waals surface area contributed by atoms with Crippen molar-refractivity contribution in [2.24, 2.45) is 0 Å². The summed E-state index contributed by atoms with van der Waals surface area (Å²) < 4.78 is 0. The number of hydrogen-bond donors (Lipinski definition) is 0. The van der Waals surface area contributed by atoms with Gasteiger partial charge in [-0.05, 0) is 53.0 Å². The van der Waals surface area contributed by atoms with Crippen LogP contribution in [0.25, 0.3) is 5.57 Å². The first-order valence-electron chi connectivity index (χ1n) is 6.35. The lowest BCUT2D eigenvalue weighted by atomic mass is 9.86. The zero-order valence-corrected chi connectivity index (χ0v) is 11.1. The minimum absolute atomic E-state index is 0.622. The molecule has 0 nitrogen and oxygen atoms in total. The molecule has 0 amide bonds. The van der Waals surface area contributed by atoms with Gasteiger partial charge in [0.1, 0.15) is 0 Å². The smallest absolute Gasteiger partial charge is 0.00825 e. The molecule has 0 aromatic heterocycles. The predicted octanol–water partition coefficient (Wildman–Crippen LogP) is 4.89. The molecule has 0 radical (unpaired) electrons. The Balaban J connectivity index is 2.63. The van der Waals surface area contributed by atoms with Crippen LogP contribution in [-0.4, -0.2) is 0 Å². The van der Waals surface area contributed by atoms with Crippen LogP contribution in [0.1, 0.15) is 68.7 Å². The van der Waals surface area contributed by atoms with Gasteiger partial charge < -0.3 is 0 Å². The van der Waals surface area contributed by atoms with Crippen LogP contribution in [0, 0.1) is 0 Å². The third-order valence-corrected chi connectivity index (χ3v) is 3.63. The lowest BCUT2D eigenvalue weighted by Crippen LogP contribution is -2.01. The molecule has 1 aromatic rings. The summed E-state index contributed by atoms with van der Waals surface area (Å²) in [7, 11) is 0. The van der Waals surface area contributed by atoms with Crippen LogP contribution in [-0.2, 0) is 6.42 Å². The van der Waals surface area contributed by atoms with E-state index in [1.807, 2.05) is 0 Å². The van der Waals surface area contributed by atoms with E-state index in [9.17, 15) is 0 Å². The number of rotatable bonds is 2. The van der Waals surface area contributed by atoms with E-state index in [1.54, 1.807) is 11.1 Å². The van der Waals surface area contributed by atoms with Crippen molar-refractivity contribution in [3.8, 4) is 0 Å². The number of hydrogen-bond acceptors (Lipinski definition) is 0. The van der Waals surface area contributed by atoms with Gasteiger partial charge in [0.25, 0.3) is 0 Å². The van der Waals surface area contributed by atoms with Crippen molar-refractivity contribution in [3.05, 3.63) is 40.5 Å². The molecule has 0 fully saturated rings. The van der Waals surface area contributed by atoms with Gasteiger partial charge in [0.05, 0.1) is 0 Å². The molecule has 1 aliphatic rings. The summed E-state index contributed by atoms with van der Waals surface area (Å²) in [5.41, 5.74) is 7.65. The molecule has 86 valence electrons. The second-order valence-corrected chi connectivity index (χ2v) is 5.50. The highest BCUT2D eigenvalue weighted by atomic mass is 14.2. The summed E-state index contributed by atoms with van der Waals surface area (Å²) in [5.74, 6) is 1.26. The average Bonchev–Trinajstić information content (AvgIpc) is 2.59. The molecule has 0 heterocycles. The monoisotopic (exact) mass is 214 g/mol. The highest BCUT2D eigenvalue weighted by Crippen LogP contribution is 2.38. The molecule has 0 atom stereocenters. The van der Waals surface area contributed by atoms with Crippen molar-refractivity contribution in [2.75, 3.05) is 0 Å². The molecule has 1 aliphatic carbocycles. The number of benzene rings is 1. The molecule has 2 rings (SSSR count). The Hall–Kier alpha value is -1.04. The van der Waals surface area contributed by atoms with E-state index in [1.165, 1.54) is 16.7 Å². The van der Waals surface area contributed by atoms with Crippen molar-refractivity contribution in [1.29, 1.82) is 0 Å². The van der Waals surface area contributed by atoms with Gasteiger partial charge >= 0.3 is 0 Å². The standard InChI is InChI=1S/C16H22/c1-10(2)13-8-9-14(11(3)4)16-12(5)6-7-15(13)16/h6,8-11H,7H2,1-5H3. The first-order valence-corrected chi connectivity index (χ1v) is 6.35. The Morgan fingerprint density at radius 3 is 2.06 bits per heavy atom. The van der Waals surface area contributed by atoms with Crippen LogP contribution in [0.4, 0.5) is 0 Å². The van der Waals surface area contributed by atoms with E-state index in [0.29, 0.717) is 11.8 Å². The highest BCUT2D eigenvalue weighted by Gasteiger charge is 2.20. The van der Waals surface area contributed by atoms with Crippen LogP contribution in [0.3, 0.4) is 0 Å². The van der Waals surface area contributed by atoms with E-state index in [0.717, 1.165) is 6.42 Å². The van der Waals surface area contributed by atoms with E-state index in [2.05, 4.69) is 52.8 Å². The number of fused-ring (bicyclic) bond motifs is 1. The summed E-state index contributed by atoms with van der Waals surface area (Å²) in [6, 6.07) is 4.67. The summed E-state index contributed by atoms with van der Waals surface area (Å²) in [4.78, 5) is 0. The van der Waals surface area contributed by atoms with E-state index >= 15 is 0 Å². The molecule has 0 spiro atoms. The fraction of sp³-hybridized carbons (Fsp3) is 0.500. The van der Waals surface area contributed by atoms with Gasteiger partial charge in [-0.2, -0.15) is 0 Å². The average molecular weight is 214 g/mol. The molecule has 1 aromatic carbocycles. The van der Waals surface area contributed by atoms with Gasteiger partial charge in [-0.25, -0.2) is 0 Å². The molecular formula is C16H22. The van der Waals surface area contributed by atoms with Crippen molar-refractivity contribution >= 4 is 5.57 Å². The predicted molar refractivity (Wildman–Crippen MR) is 72.0 cm³/mol. The molecule has 0 unspecified atom stereocenters. The molecule has 0 heteroatoms. The fourth-order valence-corrected chi connectivity index (χ4v) is 2.75. The van der Waals surface area contributed by atoms with Gasteiger partial charge in [0, 0.05) is 0 Å². The second kappa shape index (κ2) is 4.08. The van der Waals surface area contributed by atoms with Crippen molar-refractivity contribution < 1.29 is 0 Å². The van der Waals surface area contributed by atoms with Gasteiger partial charge in [0.15, 0.2) is 0 Å². The van der Waals surface area contributed by atoms with Crippen LogP contribution < -0.4 is 0 Å². The lowest BCUT2D eigenvalue weighted by molar-refractivity contribution is 0.830. The van der Waals surface area contributed by atoms with Crippen LogP contribution in [0.2, 0.25) is 0 Å². The van der Waals surface area contributed by atoms with Gasteiger partial charge in [-0.3, -0.25) is 0 Å². The third-order valence-electron chi connectivity index (χ3n) is 3.63. The van der Waals surface area contributed by atoms with E-state index < -0.39 is 0 Å². The maximum atomic E-state index is 2.38. The van der Waals surface area contributed by atoms with Crippen molar-refractivity contribution in [2.45, 2.75) is 52.9 Å². The Morgan fingerprint density at radius 1 is 0.938 bits per heavy atom. The maximum Gasteiger partial charge on any atom is -0.00825 e.